The Balaban J connectivity index is 1.47. The van der Waals surface area contributed by atoms with Crippen molar-refractivity contribution in [3.8, 4) is 11.5 Å². The molecule has 1 aromatic heterocycles. The molecule has 3 heterocycles. The number of carbonyl (C=O) groups is 2. The van der Waals surface area contributed by atoms with E-state index in [1.54, 1.807) is 35.2 Å². The van der Waals surface area contributed by atoms with Crippen LogP contribution in [-0.4, -0.2) is 35.1 Å². The molecule has 1 atom stereocenters. The van der Waals surface area contributed by atoms with E-state index < -0.39 is 11.8 Å². The van der Waals surface area contributed by atoms with Crippen molar-refractivity contribution in [2.75, 3.05) is 11.9 Å². The van der Waals surface area contributed by atoms with E-state index in [1.807, 2.05) is 13.8 Å². The number of nitrogens with one attached hydrogen (secondary N) is 1. The number of rotatable bonds is 3. The molecule has 0 bridgehead atoms. The van der Waals surface area contributed by atoms with Gasteiger partial charge in [-0.2, -0.15) is 0 Å². The van der Waals surface area contributed by atoms with Crippen LogP contribution in [0, 0.1) is 0 Å². The average molecular weight is 356 g/mol. The van der Waals surface area contributed by atoms with Crippen LogP contribution in [-0.2, 0) is 4.79 Å². The lowest BCUT2D eigenvalue weighted by atomic mass is 10.2. The molecule has 2 amide bonds. The number of fused-ring (bicyclic) bond motifs is 1. The zero-order valence-corrected chi connectivity index (χ0v) is 14.7. The van der Waals surface area contributed by atoms with Crippen molar-refractivity contribution in [1.82, 2.24) is 4.90 Å². The SMILES string of the molecule is CC1(C)Oc2ccc(NC(=O)C3CCCN3C(=O)c3ccco3)cc2O1. The van der Waals surface area contributed by atoms with Crippen molar-refractivity contribution in [2.45, 2.75) is 38.5 Å². The lowest BCUT2D eigenvalue weighted by Gasteiger charge is -2.23. The molecule has 1 unspecified atom stereocenters. The minimum atomic E-state index is -0.720. The molecule has 0 saturated carbocycles. The van der Waals surface area contributed by atoms with Crippen LogP contribution in [0.1, 0.15) is 37.2 Å². The van der Waals surface area contributed by atoms with Crippen LogP contribution in [0.5, 0.6) is 11.5 Å². The summed E-state index contributed by atoms with van der Waals surface area (Å²) in [5.74, 6) is 0.268. The molecule has 1 N–H and O–H groups in total. The summed E-state index contributed by atoms with van der Waals surface area (Å²) in [5, 5.41) is 2.87. The minimum Gasteiger partial charge on any atom is -0.459 e. The molecule has 0 radical (unpaired) electrons. The van der Waals surface area contributed by atoms with Crippen LogP contribution in [0.2, 0.25) is 0 Å². The maximum atomic E-state index is 12.7. The second-order valence-corrected chi connectivity index (χ2v) is 6.89. The summed E-state index contributed by atoms with van der Waals surface area (Å²) in [6.07, 6.45) is 2.85. The van der Waals surface area contributed by atoms with Crippen molar-refractivity contribution >= 4 is 17.5 Å². The molecule has 2 aliphatic heterocycles. The molecule has 136 valence electrons. The Morgan fingerprint density at radius 3 is 2.77 bits per heavy atom. The van der Waals surface area contributed by atoms with Gasteiger partial charge in [0.25, 0.3) is 5.91 Å². The van der Waals surface area contributed by atoms with E-state index in [4.69, 9.17) is 13.9 Å². The summed E-state index contributed by atoms with van der Waals surface area (Å²) in [6, 6.07) is 8.00. The molecule has 2 aliphatic rings. The summed E-state index contributed by atoms with van der Waals surface area (Å²) in [6.45, 7) is 4.18. The number of nitrogens with zero attached hydrogens (tertiary/aromatic N) is 1. The molecule has 1 aromatic carbocycles. The normalized spacial score (nSPS) is 20.2. The van der Waals surface area contributed by atoms with Gasteiger partial charge in [0.2, 0.25) is 11.7 Å². The number of furan rings is 1. The van der Waals surface area contributed by atoms with E-state index >= 15 is 0 Å². The van der Waals surface area contributed by atoms with Gasteiger partial charge in [0, 0.05) is 32.1 Å². The van der Waals surface area contributed by atoms with Gasteiger partial charge in [0.1, 0.15) is 6.04 Å². The van der Waals surface area contributed by atoms with Gasteiger partial charge < -0.3 is 24.1 Å². The zero-order chi connectivity index (χ0) is 18.3. The Morgan fingerprint density at radius 2 is 2.00 bits per heavy atom. The van der Waals surface area contributed by atoms with E-state index in [9.17, 15) is 9.59 Å². The van der Waals surface area contributed by atoms with Crippen molar-refractivity contribution in [3.63, 3.8) is 0 Å². The molecule has 1 fully saturated rings. The average Bonchev–Trinajstić information content (AvgIpc) is 3.32. The number of carbonyl (C=O) groups excluding carboxylic acids is 2. The third-order valence-electron chi connectivity index (χ3n) is 4.47. The summed E-state index contributed by atoms with van der Waals surface area (Å²) in [5.41, 5.74) is 0.604. The maximum absolute atomic E-state index is 12.7. The molecule has 0 aliphatic carbocycles. The van der Waals surface area contributed by atoms with E-state index in [2.05, 4.69) is 5.32 Å². The monoisotopic (exact) mass is 356 g/mol. The van der Waals surface area contributed by atoms with E-state index in [-0.39, 0.29) is 17.6 Å². The molecule has 2 aromatic rings. The fourth-order valence-electron chi connectivity index (χ4n) is 3.35. The van der Waals surface area contributed by atoms with E-state index in [0.717, 1.165) is 6.42 Å². The van der Waals surface area contributed by atoms with Gasteiger partial charge in [-0.1, -0.05) is 0 Å². The van der Waals surface area contributed by atoms with Crippen LogP contribution >= 0.6 is 0 Å². The highest BCUT2D eigenvalue weighted by Gasteiger charge is 2.36. The number of amides is 2. The first kappa shape index (κ1) is 16.5. The first-order chi connectivity index (χ1) is 12.4. The lowest BCUT2D eigenvalue weighted by Crippen LogP contribution is -2.43. The first-order valence-corrected chi connectivity index (χ1v) is 8.60. The summed E-state index contributed by atoms with van der Waals surface area (Å²) >= 11 is 0. The largest absolute Gasteiger partial charge is 0.459 e. The second kappa shape index (κ2) is 6.09. The second-order valence-electron chi connectivity index (χ2n) is 6.89. The van der Waals surface area contributed by atoms with Crippen LogP contribution in [0.25, 0.3) is 0 Å². The maximum Gasteiger partial charge on any atom is 0.290 e. The van der Waals surface area contributed by atoms with Gasteiger partial charge in [-0.15, -0.1) is 0 Å². The van der Waals surface area contributed by atoms with Crippen molar-refractivity contribution in [2.24, 2.45) is 0 Å². The lowest BCUT2D eigenvalue weighted by molar-refractivity contribution is -0.119. The van der Waals surface area contributed by atoms with E-state index in [1.165, 1.54) is 6.26 Å². The summed E-state index contributed by atoms with van der Waals surface area (Å²) in [4.78, 5) is 26.8. The molecule has 1 saturated heterocycles. The van der Waals surface area contributed by atoms with Crippen molar-refractivity contribution in [3.05, 3.63) is 42.4 Å². The quantitative estimate of drug-likeness (QED) is 0.914. The number of ether oxygens (including phenoxy) is 2. The van der Waals surface area contributed by atoms with Crippen LogP contribution in [0.4, 0.5) is 5.69 Å². The Morgan fingerprint density at radius 1 is 1.19 bits per heavy atom. The molecule has 4 rings (SSSR count). The molecule has 0 spiro atoms. The van der Waals surface area contributed by atoms with Gasteiger partial charge in [0.05, 0.1) is 6.26 Å². The fourth-order valence-corrected chi connectivity index (χ4v) is 3.35. The Kier molecular flexibility index (Phi) is 3.86. The third-order valence-corrected chi connectivity index (χ3v) is 4.47. The summed E-state index contributed by atoms with van der Waals surface area (Å²) in [7, 11) is 0. The predicted molar refractivity (Wildman–Crippen MR) is 93.2 cm³/mol. The standard InChI is InChI=1S/C19H20N2O5/c1-19(2)25-14-8-7-12(11-16(14)26-19)20-17(22)13-5-3-9-21(13)18(23)15-6-4-10-24-15/h4,6-8,10-11,13H,3,5,9H2,1-2H3,(H,20,22). The fraction of sp³-hybridized carbons (Fsp3) is 0.368. The molecule has 26 heavy (non-hydrogen) atoms. The van der Waals surface area contributed by atoms with Gasteiger partial charge in [-0.25, -0.2) is 0 Å². The molecular weight excluding hydrogens is 336 g/mol. The van der Waals surface area contributed by atoms with Gasteiger partial charge >= 0.3 is 0 Å². The van der Waals surface area contributed by atoms with Gasteiger partial charge in [0.15, 0.2) is 17.3 Å². The van der Waals surface area contributed by atoms with Gasteiger partial charge in [-0.05, 0) is 37.1 Å². The number of likely N-dealkylation sites (tertiary alicyclic amines) is 1. The topological polar surface area (TPSA) is 81.0 Å². The predicted octanol–water partition coefficient (Wildman–Crippen LogP) is 3.03. The molecular formula is C19H20N2O5. The zero-order valence-electron chi connectivity index (χ0n) is 14.7. The van der Waals surface area contributed by atoms with E-state index in [0.29, 0.717) is 30.2 Å². The first-order valence-electron chi connectivity index (χ1n) is 8.60. The minimum absolute atomic E-state index is 0.222. The highest BCUT2D eigenvalue weighted by atomic mass is 16.7. The summed E-state index contributed by atoms with van der Waals surface area (Å²) < 4.78 is 16.5. The highest BCUT2D eigenvalue weighted by molar-refractivity contribution is 6.00. The number of benzene rings is 1. The Hall–Kier alpha value is -2.96. The van der Waals surface area contributed by atoms with Crippen LogP contribution < -0.4 is 14.8 Å². The number of hydrogen-bond donors (Lipinski definition) is 1. The smallest absolute Gasteiger partial charge is 0.290 e. The number of hydrogen-bond acceptors (Lipinski definition) is 5. The Bertz CT molecular complexity index is 844. The van der Waals surface area contributed by atoms with Crippen LogP contribution in [0.3, 0.4) is 0 Å². The highest BCUT2D eigenvalue weighted by Crippen LogP contribution is 2.40. The van der Waals surface area contributed by atoms with Crippen molar-refractivity contribution in [1.29, 1.82) is 0 Å². The molecule has 7 heteroatoms. The number of anilines is 1. The third kappa shape index (κ3) is 3.00. The van der Waals surface area contributed by atoms with Crippen LogP contribution in [0.15, 0.2) is 41.0 Å². The molecule has 7 nitrogen and oxygen atoms in total. The van der Waals surface area contributed by atoms with Crippen molar-refractivity contribution < 1.29 is 23.5 Å². The van der Waals surface area contributed by atoms with Gasteiger partial charge in [-0.3, -0.25) is 9.59 Å². The Labute approximate surface area is 150 Å².